The van der Waals surface area contributed by atoms with Crippen LogP contribution in [0.4, 0.5) is 0 Å². The minimum atomic E-state index is -0.428. The van der Waals surface area contributed by atoms with Crippen LogP contribution in [0.2, 0.25) is 0 Å². The van der Waals surface area contributed by atoms with Crippen molar-refractivity contribution in [1.82, 2.24) is 9.97 Å². The lowest BCUT2D eigenvalue weighted by Gasteiger charge is -2.31. The van der Waals surface area contributed by atoms with Crippen LogP contribution in [-0.4, -0.2) is 9.97 Å². The average Bonchev–Trinajstić information content (AvgIpc) is 3.86. The molecule has 0 aliphatic heterocycles. The predicted octanol–water partition coefficient (Wildman–Crippen LogP) is 12.7. The molecule has 2 heterocycles. The smallest absolute Gasteiger partial charge is 0.160 e. The second kappa shape index (κ2) is 11.3. The van der Waals surface area contributed by atoms with Crippen LogP contribution in [0.25, 0.3) is 76.7 Å². The van der Waals surface area contributed by atoms with Crippen LogP contribution in [0.3, 0.4) is 0 Å². The number of para-hydroxylation sites is 1. The van der Waals surface area contributed by atoms with E-state index in [0.29, 0.717) is 0 Å². The van der Waals surface area contributed by atoms with Crippen LogP contribution in [0.1, 0.15) is 22.3 Å². The van der Waals surface area contributed by atoms with E-state index in [0.717, 1.165) is 33.5 Å². The van der Waals surface area contributed by atoms with Gasteiger partial charge in [0.2, 0.25) is 0 Å². The molecule has 2 aliphatic rings. The van der Waals surface area contributed by atoms with Crippen molar-refractivity contribution in [1.29, 1.82) is 0 Å². The summed E-state index contributed by atoms with van der Waals surface area (Å²) >= 11 is 1.91. The normalized spacial score (nSPS) is 13.2. The van der Waals surface area contributed by atoms with Gasteiger partial charge >= 0.3 is 0 Å². The molecule has 11 rings (SSSR count). The van der Waals surface area contributed by atoms with E-state index >= 15 is 0 Å². The topological polar surface area (TPSA) is 25.8 Å². The molecule has 2 aromatic heterocycles. The predicted molar refractivity (Wildman–Crippen MR) is 215 cm³/mol. The number of hydrogen-bond donors (Lipinski definition) is 0. The molecule has 2 aliphatic carbocycles. The van der Waals surface area contributed by atoms with Crippen LogP contribution in [0, 0.1) is 0 Å². The molecule has 242 valence electrons. The molecule has 0 saturated carbocycles. The van der Waals surface area contributed by atoms with Crippen LogP contribution in [0.15, 0.2) is 182 Å². The summed E-state index contributed by atoms with van der Waals surface area (Å²) in [5, 5.41) is 1.05. The van der Waals surface area contributed by atoms with Gasteiger partial charge in [-0.15, -0.1) is 11.3 Å². The van der Waals surface area contributed by atoms with E-state index in [1.165, 1.54) is 65.4 Å². The SMILES string of the molecule is c1ccc(-c2sc(-c3ccc(-c4nc(-c5ccccc5)c5ccccc5n4)cc3)c3c2-c2ccccc2C32c3ccccc3-c3ccccc32)cc1. The van der Waals surface area contributed by atoms with Crippen LogP contribution >= 0.6 is 11.3 Å². The third-order valence-corrected chi connectivity index (χ3v) is 12.2. The number of hydrogen-bond acceptors (Lipinski definition) is 3. The molecule has 2 nitrogen and oxygen atoms in total. The van der Waals surface area contributed by atoms with Crippen molar-refractivity contribution in [2.24, 2.45) is 0 Å². The molecule has 3 heteroatoms. The molecule has 0 N–H and O–H groups in total. The minimum absolute atomic E-state index is 0.428. The van der Waals surface area contributed by atoms with Crippen LogP contribution in [0.5, 0.6) is 0 Å². The van der Waals surface area contributed by atoms with Gasteiger partial charge in [-0.25, -0.2) is 9.97 Å². The van der Waals surface area contributed by atoms with E-state index in [9.17, 15) is 0 Å². The number of fused-ring (bicyclic) bond motifs is 11. The second-order valence-electron chi connectivity index (χ2n) is 13.6. The summed E-state index contributed by atoms with van der Waals surface area (Å²) in [7, 11) is 0. The highest BCUT2D eigenvalue weighted by molar-refractivity contribution is 7.19. The van der Waals surface area contributed by atoms with Gasteiger partial charge in [-0.1, -0.05) is 176 Å². The van der Waals surface area contributed by atoms with E-state index in [2.05, 4.69) is 170 Å². The molecule has 1 spiro atoms. The van der Waals surface area contributed by atoms with Gasteiger partial charge in [0.1, 0.15) is 0 Å². The summed E-state index contributed by atoms with van der Waals surface area (Å²) in [6, 6.07) is 65.8. The Balaban J connectivity index is 1.16. The van der Waals surface area contributed by atoms with Crippen molar-refractivity contribution in [3.8, 4) is 65.8 Å². The number of thiophene rings is 1. The van der Waals surface area contributed by atoms with Gasteiger partial charge < -0.3 is 0 Å². The highest BCUT2D eigenvalue weighted by atomic mass is 32.1. The summed E-state index contributed by atoms with van der Waals surface area (Å²) in [5.41, 5.74) is 16.8. The molecule has 7 aromatic carbocycles. The summed E-state index contributed by atoms with van der Waals surface area (Å²) in [6.07, 6.45) is 0. The summed E-state index contributed by atoms with van der Waals surface area (Å²) < 4.78 is 0. The first kappa shape index (κ1) is 29.3. The Morgan fingerprint density at radius 2 is 0.885 bits per heavy atom. The first-order chi connectivity index (χ1) is 25.8. The average molecular weight is 679 g/mol. The van der Waals surface area contributed by atoms with E-state index in [1.54, 1.807) is 0 Å². The van der Waals surface area contributed by atoms with Gasteiger partial charge in [0.05, 0.1) is 16.6 Å². The van der Waals surface area contributed by atoms with E-state index in [1.807, 2.05) is 23.5 Å². The molecule has 0 bridgehead atoms. The molecular weight excluding hydrogens is 649 g/mol. The lowest BCUT2D eigenvalue weighted by atomic mass is 9.70. The Labute approximate surface area is 306 Å². The quantitative estimate of drug-likeness (QED) is 0.185. The van der Waals surface area contributed by atoms with Gasteiger partial charge in [0.25, 0.3) is 0 Å². The summed E-state index contributed by atoms with van der Waals surface area (Å²) in [6.45, 7) is 0. The molecule has 0 atom stereocenters. The van der Waals surface area contributed by atoms with Crippen LogP contribution < -0.4 is 0 Å². The fourth-order valence-corrected chi connectivity index (χ4v) is 10.2. The Morgan fingerprint density at radius 3 is 1.56 bits per heavy atom. The van der Waals surface area contributed by atoms with E-state index in [4.69, 9.17) is 9.97 Å². The summed E-state index contributed by atoms with van der Waals surface area (Å²) in [5.74, 6) is 0.730. The van der Waals surface area contributed by atoms with Crippen molar-refractivity contribution in [3.63, 3.8) is 0 Å². The monoisotopic (exact) mass is 678 g/mol. The van der Waals surface area contributed by atoms with Crippen molar-refractivity contribution >= 4 is 22.2 Å². The molecule has 0 saturated heterocycles. The van der Waals surface area contributed by atoms with Gasteiger partial charge in [0, 0.05) is 31.8 Å². The summed E-state index contributed by atoms with van der Waals surface area (Å²) in [4.78, 5) is 12.8. The van der Waals surface area contributed by atoms with Gasteiger partial charge in [-0.05, 0) is 56.1 Å². The zero-order valence-corrected chi connectivity index (χ0v) is 28.9. The molecular formula is C49H30N2S. The maximum absolute atomic E-state index is 5.17. The van der Waals surface area contributed by atoms with Crippen molar-refractivity contribution < 1.29 is 0 Å². The Kier molecular flexibility index (Phi) is 6.37. The first-order valence-electron chi connectivity index (χ1n) is 17.8. The van der Waals surface area contributed by atoms with Gasteiger partial charge in [-0.2, -0.15) is 0 Å². The highest BCUT2D eigenvalue weighted by Crippen LogP contribution is 2.67. The molecule has 0 radical (unpaired) electrons. The standard InChI is InChI=1S/C49H30N2S/c1-3-15-31(16-4-1)45-38-22-10-14-26-42(38)50-48(51-45)34-29-27-33(28-30-34)47-44-43(46(52-47)32-17-5-2-6-18-32)37-21-9-13-25-41(37)49(44)39-23-11-7-19-35(39)36-20-8-12-24-40(36)49/h1-30H. The van der Waals surface area contributed by atoms with E-state index in [-0.39, 0.29) is 0 Å². The maximum atomic E-state index is 5.17. The maximum Gasteiger partial charge on any atom is 0.160 e. The fourth-order valence-electron chi connectivity index (χ4n) is 8.79. The second-order valence-corrected chi connectivity index (χ2v) is 14.6. The molecule has 0 fully saturated rings. The Hall–Kier alpha value is -6.42. The highest BCUT2D eigenvalue weighted by Gasteiger charge is 2.54. The zero-order chi connectivity index (χ0) is 34.2. The van der Waals surface area contributed by atoms with Crippen LogP contribution in [-0.2, 0) is 5.41 Å². The Bertz CT molecular complexity index is 2790. The molecule has 9 aromatic rings. The minimum Gasteiger partial charge on any atom is -0.228 e. The number of rotatable bonds is 4. The number of aromatic nitrogens is 2. The number of nitrogens with zero attached hydrogens (tertiary/aromatic N) is 2. The van der Waals surface area contributed by atoms with Crippen molar-refractivity contribution in [2.45, 2.75) is 5.41 Å². The van der Waals surface area contributed by atoms with Gasteiger partial charge in [-0.3, -0.25) is 0 Å². The number of benzene rings is 7. The first-order valence-corrected chi connectivity index (χ1v) is 18.6. The molecule has 0 unspecified atom stereocenters. The lowest BCUT2D eigenvalue weighted by molar-refractivity contribution is 0.798. The third kappa shape index (κ3) is 4.06. The molecule has 0 amide bonds. The largest absolute Gasteiger partial charge is 0.228 e. The zero-order valence-electron chi connectivity index (χ0n) is 28.1. The molecule has 52 heavy (non-hydrogen) atoms. The van der Waals surface area contributed by atoms with Gasteiger partial charge in [0.15, 0.2) is 5.82 Å². The van der Waals surface area contributed by atoms with E-state index < -0.39 is 5.41 Å². The fraction of sp³-hybridized carbons (Fsp3) is 0.0204. The Morgan fingerprint density at radius 1 is 0.385 bits per heavy atom. The van der Waals surface area contributed by atoms with Crippen molar-refractivity contribution in [3.05, 3.63) is 204 Å². The van der Waals surface area contributed by atoms with Crippen molar-refractivity contribution in [2.75, 3.05) is 0 Å². The lowest BCUT2D eigenvalue weighted by Crippen LogP contribution is -2.26. The third-order valence-electron chi connectivity index (χ3n) is 10.9.